The number of carbonyl (C=O) groups is 1. The van der Waals surface area contributed by atoms with Gasteiger partial charge in [-0.15, -0.1) is 11.3 Å². The Morgan fingerprint density at radius 2 is 1.65 bits per heavy atom. The molecule has 0 atom stereocenters. The number of anilines is 2. The third-order valence-electron chi connectivity index (χ3n) is 4.02. The quantitative estimate of drug-likeness (QED) is 0.682. The molecular weight excluding hydrogens is 368 g/mol. The molecule has 2 N–H and O–H groups in total. The van der Waals surface area contributed by atoms with Crippen LogP contribution in [0.5, 0.6) is 0 Å². The fraction of sp³-hybridized carbons (Fsp3) is 0.105. The lowest BCUT2D eigenvalue weighted by Crippen LogP contribution is -2.17. The highest BCUT2D eigenvalue weighted by molar-refractivity contribution is 7.92. The number of benzene rings is 2. The summed E-state index contributed by atoms with van der Waals surface area (Å²) in [6, 6.07) is 15.3. The minimum atomic E-state index is -3.75. The SMILES string of the molecule is Cc1cccc(NC(=O)c2sccc2NS(=O)(=O)c2ccccc2)c1C. The van der Waals surface area contributed by atoms with Crippen LogP contribution < -0.4 is 10.0 Å². The van der Waals surface area contributed by atoms with Gasteiger partial charge in [-0.3, -0.25) is 9.52 Å². The van der Waals surface area contributed by atoms with E-state index in [1.807, 2.05) is 32.0 Å². The number of hydrogen-bond acceptors (Lipinski definition) is 4. The highest BCUT2D eigenvalue weighted by Gasteiger charge is 2.20. The molecule has 0 saturated heterocycles. The molecule has 0 unspecified atom stereocenters. The number of rotatable bonds is 5. The number of aryl methyl sites for hydroxylation is 1. The molecule has 2 aromatic carbocycles. The van der Waals surface area contributed by atoms with E-state index >= 15 is 0 Å². The minimum absolute atomic E-state index is 0.145. The molecule has 7 heteroatoms. The number of carbonyl (C=O) groups excluding carboxylic acids is 1. The van der Waals surface area contributed by atoms with Gasteiger partial charge >= 0.3 is 0 Å². The molecule has 0 aliphatic rings. The summed E-state index contributed by atoms with van der Waals surface area (Å²) in [7, 11) is -3.75. The number of sulfonamides is 1. The topological polar surface area (TPSA) is 75.3 Å². The van der Waals surface area contributed by atoms with E-state index in [9.17, 15) is 13.2 Å². The zero-order chi connectivity index (χ0) is 18.7. The van der Waals surface area contributed by atoms with E-state index in [2.05, 4.69) is 10.0 Å². The Hall–Kier alpha value is -2.64. The molecule has 0 aliphatic heterocycles. The zero-order valence-corrected chi connectivity index (χ0v) is 15.9. The van der Waals surface area contributed by atoms with Gasteiger partial charge in [0.15, 0.2) is 0 Å². The molecule has 0 spiro atoms. The average Bonchev–Trinajstić information content (AvgIpc) is 3.07. The number of hydrogen-bond donors (Lipinski definition) is 2. The van der Waals surface area contributed by atoms with Crippen LogP contribution in [0.15, 0.2) is 64.9 Å². The first-order valence-corrected chi connectivity index (χ1v) is 10.3. The molecule has 1 heterocycles. The van der Waals surface area contributed by atoms with Crippen molar-refractivity contribution >= 4 is 38.6 Å². The Kier molecular flexibility index (Phi) is 5.11. The third kappa shape index (κ3) is 3.79. The summed E-state index contributed by atoms with van der Waals surface area (Å²) in [5.41, 5.74) is 3.02. The van der Waals surface area contributed by atoms with Crippen molar-refractivity contribution in [2.75, 3.05) is 10.0 Å². The fourth-order valence-electron chi connectivity index (χ4n) is 2.43. The van der Waals surface area contributed by atoms with Gasteiger partial charge < -0.3 is 5.32 Å². The van der Waals surface area contributed by atoms with Crippen LogP contribution in [0.25, 0.3) is 0 Å². The number of thiophene rings is 1. The molecule has 3 aromatic rings. The number of nitrogens with one attached hydrogen (secondary N) is 2. The van der Waals surface area contributed by atoms with Crippen LogP contribution in [0.3, 0.4) is 0 Å². The van der Waals surface area contributed by atoms with E-state index in [0.717, 1.165) is 11.1 Å². The van der Waals surface area contributed by atoms with Gasteiger partial charge in [0.25, 0.3) is 15.9 Å². The van der Waals surface area contributed by atoms with E-state index in [0.29, 0.717) is 10.6 Å². The Bertz CT molecular complexity index is 1040. The van der Waals surface area contributed by atoms with Gasteiger partial charge in [0, 0.05) is 5.69 Å². The van der Waals surface area contributed by atoms with Crippen LogP contribution in [0.4, 0.5) is 11.4 Å². The maximum absolute atomic E-state index is 12.6. The monoisotopic (exact) mass is 386 g/mol. The van der Waals surface area contributed by atoms with Crippen molar-refractivity contribution in [3.63, 3.8) is 0 Å². The minimum Gasteiger partial charge on any atom is -0.321 e. The number of amides is 1. The molecule has 1 amide bonds. The summed E-state index contributed by atoms with van der Waals surface area (Å²) >= 11 is 1.18. The largest absolute Gasteiger partial charge is 0.321 e. The summed E-state index contributed by atoms with van der Waals surface area (Å²) in [6.45, 7) is 3.90. The molecule has 1 aromatic heterocycles. The highest BCUT2D eigenvalue weighted by Crippen LogP contribution is 2.27. The van der Waals surface area contributed by atoms with Crippen LogP contribution >= 0.6 is 11.3 Å². The Labute approximate surface area is 156 Å². The lowest BCUT2D eigenvalue weighted by Gasteiger charge is -2.12. The van der Waals surface area contributed by atoms with E-state index in [1.165, 1.54) is 23.5 Å². The fourth-order valence-corrected chi connectivity index (χ4v) is 4.34. The van der Waals surface area contributed by atoms with Gasteiger partial charge in [0.05, 0.1) is 10.6 Å². The molecule has 0 radical (unpaired) electrons. The van der Waals surface area contributed by atoms with Gasteiger partial charge in [-0.1, -0.05) is 30.3 Å². The molecule has 134 valence electrons. The first-order valence-electron chi connectivity index (χ1n) is 7.91. The Morgan fingerprint density at radius 3 is 2.38 bits per heavy atom. The second-order valence-electron chi connectivity index (χ2n) is 5.78. The zero-order valence-electron chi connectivity index (χ0n) is 14.3. The molecule has 0 bridgehead atoms. The van der Waals surface area contributed by atoms with Gasteiger partial charge in [-0.05, 0) is 54.6 Å². The maximum atomic E-state index is 12.6. The van der Waals surface area contributed by atoms with Gasteiger partial charge in [0.2, 0.25) is 0 Å². The lowest BCUT2D eigenvalue weighted by atomic mass is 10.1. The lowest BCUT2D eigenvalue weighted by molar-refractivity contribution is 0.103. The summed E-state index contributed by atoms with van der Waals surface area (Å²) in [5, 5.41) is 4.54. The van der Waals surface area contributed by atoms with E-state index in [-0.39, 0.29) is 16.5 Å². The van der Waals surface area contributed by atoms with E-state index in [4.69, 9.17) is 0 Å². The van der Waals surface area contributed by atoms with Crippen molar-refractivity contribution < 1.29 is 13.2 Å². The summed E-state index contributed by atoms with van der Waals surface area (Å²) < 4.78 is 27.5. The normalized spacial score (nSPS) is 11.2. The van der Waals surface area contributed by atoms with Crippen LogP contribution in [0.2, 0.25) is 0 Å². The summed E-state index contributed by atoms with van der Waals surface area (Å²) in [6.07, 6.45) is 0. The molecule has 3 rings (SSSR count). The Morgan fingerprint density at radius 1 is 0.923 bits per heavy atom. The van der Waals surface area contributed by atoms with Crippen molar-refractivity contribution in [2.24, 2.45) is 0 Å². The van der Waals surface area contributed by atoms with Crippen molar-refractivity contribution in [3.05, 3.63) is 76.0 Å². The standard InChI is InChI=1S/C19H18N2O3S2/c1-13-7-6-10-16(14(13)2)20-19(22)18-17(11-12-25-18)21-26(23,24)15-8-4-3-5-9-15/h3-12,21H,1-2H3,(H,20,22). The van der Waals surface area contributed by atoms with Crippen molar-refractivity contribution in [1.82, 2.24) is 0 Å². The van der Waals surface area contributed by atoms with Gasteiger partial charge in [-0.25, -0.2) is 8.42 Å². The molecule has 26 heavy (non-hydrogen) atoms. The Balaban J connectivity index is 1.84. The van der Waals surface area contributed by atoms with Gasteiger partial charge in [0.1, 0.15) is 4.88 Å². The molecule has 0 saturated carbocycles. The molecule has 5 nitrogen and oxygen atoms in total. The second kappa shape index (κ2) is 7.31. The van der Waals surface area contributed by atoms with Crippen LogP contribution in [0.1, 0.15) is 20.8 Å². The van der Waals surface area contributed by atoms with Crippen LogP contribution in [-0.4, -0.2) is 14.3 Å². The second-order valence-corrected chi connectivity index (χ2v) is 8.38. The van der Waals surface area contributed by atoms with E-state index < -0.39 is 10.0 Å². The van der Waals surface area contributed by atoms with Crippen molar-refractivity contribution in [2.45, 2.75) is 18.7 Å². The molecular formula is C19H18N2O3S2. The van der Waals surface area contributed by atoms with Crippen LogP contribution in [-0.2, 0) is 10.0 Å². The predicted molar refractivity (Wildman–Crippen MR) is 105 cm³/mol. The van der Waals surface area contributed by atoms with Gasteiger partial charge in [-0.2, -0.15) is 0 Å². The maximum Gasteiger partial charge on any atom is 0.267 e. The third-order valence-corrected chi connectivity index (χ3v) is 6.32. The summed E-state index contributed by atoms with van der Waals surface area (Å²) in [4.78, 5) is 13.1. The van der Waals surface area contributed by atoms with Crippen molar-refractivity contribution in [3.8, 4) is 0 Å². The smallest absolute Gasteiger partial charge is 0.267 e. The average molecular weight is 386 g/mol. The molecule has 0 fully saturated rings. The summed E-state index contributed by atoms with van der Waals surface area (Å²) in [5.74, 6) is -0.348. The molecule has 0 aliphatic carbocycles. The van der Waals surface area contributed by atoms with Crippen LogP contribution in [0, 0.1) is 13.8 Å². The highest BCUT2D eigenvalue weighted by atomic mass is 32.2. The van der Waals surface area contributed by atoms with Crippen molar-refractivity contribution in [1.29, 1.82) is 0 Å². The predicted octanol–water partition coefficient (Wildman–Crippen LogP) is 4.42. The van der Waals surface area contributed by atoms with E-state index in [1.54, 1.807) is 29.6 Å². The first-order chi connectivity index (χ1) is 12.4. The first kappa shape index (κ1) is 18.2.